The van der Waals surface area contributed by atoms with E-state index in [0.717, 1.165) is 10.6 Å². The predicted octanol–water partition coefficient (Wildman–Crippen LogP) is 3.14. The predicted molar refractivity (Wildman–Crippen MR) is 110 cm³/mol. The minimum absolute atomic E-state index is 0.112. The van der Waals surface area contributed by atoms with Gasteiger partial charge in [-0.3, -0.25) is 9.10 Å². The third kappa shape index (κ3) is 5.74. The molecule has 1 atom stereocenters. The number of carbonyl (C=O) groups excluding carboxylic acids is 1. The van der Waals surface area contributed by atoms with Crippen molar-refractivity contribution in [3.05, 3.63) is 52.8 Å². The van der Waals surface area contributed by atoms with Gasteiger partial charge < -0.3 is 14.8 Å². The van der Waals surface area contributed by atoms with E-state index < -0.39 is 28.5 Å². The molecule has 0 heterocycles. The molecule has 2 rings (SSSR count). The Labute approximate surface area is 174 Å². The molecule has 0 aliphatic carbocycles. The Balaban J connectivity index is 2.30. The molecule has 0 bridgehead atoms. The van der Waals surface area contributed by atoms with Crippen LogP contribution in [0.4, 0.5) is 10.1 Å². The summed E-state index contributed by atoms with van der Waals surface area (Å²) in [5.74, 6) is -0.542. The average Bonchev–Trinajstić information content (AvgIpc) is 2.65. The lowest BCUT2D eigenvalue weighted by molar-refractivity contribution is -0.120. The first-order valence-electron chi connectivity index (χ1n) is 8.51. The maximum absolute atomic E-state index is 13.1. The number of methoxy groups -OCH3 is 2. The highest BCUT2D eigenvalue weighted by atomic mass is 35.5. The van der Waals surface area contributed by atoms with Crippen LogP contribution >= 0.6 is 11.6 Å². The van der Waals surface area contributed by atoms with E-state index in [0.29, 0.717) is 5.56 Å². The number of nitrogens with zero attached hydrogens (tertiary/aromatic N) is 1. The smallest absolute Gasteiger partial charge is 0.241 e. The Hall–Kier alpha value is -2.52. The molecular weight excluding hydrogens is 423 g/mol. The fourth-order valence-electron chi connectivity index (χ4n) is 2.67. The van der Waals surface area contributed by atoms with Crippen molar-refractivity contribution in [3.8, 4) is 11.5 Å². The van der Waals surface area contributed by atoms with Gasteiger partial charge in [-0.25, -0.2) is 12.8 Å². The third-order valence-corrected chi connectivity index (χ3v) is 5.58. The summed E-state index contributed by atoms with van der Waals surface area (Å²) < 4.78 is 49.1. The molecule has 0 saturated carbocycles. The largest absolute Gasteiger partial charge is 0.495 e. The molecule has 158 valence electrons. The highest BCUT2D eigenvalue weighted by molar-refractivity contribution is 7.92. The lowest BCUT2D eigenvalue weighted by atomic mass is 10.1. The number of hydrogen-bond acceptors (Lipinski definition) is 5. The van der Waals surface area contributed by atoms with Gasteiger partial charge >= 0.3 is 0 Å². The molecule has 2 aromatic carbocycles. The highest BCUT2D eigenvalue weighted by Crippen LogP contribution is 2.38. The number of amides is 1. The first-order chi connectivity index (χ1) is 13.6. The van der Waals surface area contributed by atoms with Crippen LogP contribution in [0.15, 0.2) is 36.4 Å². The van der Waals surface area contributed by atoms with E-state index in [9.17, 15) is 17.6 Å². The first kappa shape index (κ1) is 22.8. The fraction of sp³-hybridized carbons (Fsp3) is 0.316. The first-order valence-corrected chi connectivity index (χ1v) is 10.7. The number of nitrogens with one attached hydrogen (secondary N) is 1. The molecule has 1 N–H and O–H groups in total. The van der Waals surface area contributed by atoms with Crippen molar-refractivity contribution in [2.75, 3.05) is 31.3 Å². The molecule has 0 radical (unpaired) electrons. The molecule has 0 spiro atoms. The van der Waals surface area contributed by atoms with Crippen LogP contribution in [-0.4, -0.2) is 41.3 Å². The van der Waals surface area contributed by atoms with Gasteiger partial charge in [-0.05, 0) is 24.6 Å². The molecule has 0 saturated heterocycles. The molecule has 10 heteroatoms. The van der Waals surface area contributed by atoms with Gasteiger partial charge in [0.1, 0.15) is 23.9 Å². The van der Waals surface area contributed by atoms with E-state index in [1.165, 1.54) is 38.5 Å². The number of carbonyl (C=O) groups is 1. The van der Waals surface area contributed by atoms with Crippen molar-refractivity contribution in [2.24, 2.45) is 0 Å². The van der Waals surface area contributed by atoms with Crippen LogP contribution in [-0.2, 0) is 14.8 Å². The Morgan fingerprint density at radius 1 is 1.17 bits per heavy atom. The van der Waals surface area contributed by atoms with Crippen molar-refractivity contribution >= 4 is 33.2 Å². The van der Waals surface area contributed by atoms with Crippen molar-refractivity contribution in [3.63, 3.8) is 0 Å². The molecule has 0 fully saturated rings. The van der Waals surface area contributed by atoms with Crippen molar-refractivity contribution < 1.29 is 27.1 Å². The second-order valence-electron chi connectivity index (χ2n) is 6.27. The molecule has 7 nitrogen and oxygen atoms in total. The zero-order chi connectivity index (χ0) is 21.8. The van der Waals surface area contributed by atoms with Gasteiger partial charge in [0.15, 0.2) is 0 Å². The van der Waals surface area contributed by atoms with E-state index >= 15 is 0 Å². The van der Waals surface area contributed by atoms with E-state index in [4.69, 9.17) is 21.1 Å². The van der Waals surface area contributed by atoms with E-state index in [1.807, 2.05) is 0 Å². The summed E-state index contributed by atoms with van der Waals surface area (Å²) in [5, 5.41) is 2.93. The lowest BCUT2D eigenvalue weighted by Gasteiger charge is -2.25. The van der Waals surface area contributed by atoms with Crippen LogP contribution in [0.25, 0.3) is 0 Å². The molecular formula is C19H22ClFN2O5S. The number of hydrogen-bond donors (Lipinski definition) is 1. The van der Waals surface area contributed by atoms with E-state index in [-0.39, 0.29) is 28.0 Å². The molecule has 0 aromatic heterocycles. The van der Waals surface area contributed by atoms with Gasteiger partial charge in [0, 0.05) is 12.1 Å². The number of rotatable bonds is 8. The Kier molecular flexibility index (Phi) is 7.32. The minimum Gasteiger partial charge on any atom is -0.495 e. The van der Waals surface area contributed by atoms with Gasteiger partial charge in [-0.15, -0.1) is 0 Å². The van der Waals surface area contributed by atoms with Gasteiger partial charge in [-0.1, -0.05) is 23.7 Å². The molecule has 29 heavy (non-hydrogen) atoms. The van der Waals surface area contributed by atoms with Gasteiger partial charge in [0.2, 0.25) is 15.9 Å². The van der Waals surface area contributed by atoms with E-state index in [1.54, 1.807) is 19.1 Å². The van der Waals surface area contributed by atoms with Crippen LogP contribution in [0.1, 0.15) is 18.5 Å². The van der Waals surface area contributed by atoms with Gasteiger partial charge in [0.25, 0.3) is 0 Å². The number of sulfonamides is 1. The summed E-state index contributed by atoms with van der Waals surface area (Å²) in [7, 11) is -1.10. The maximum Gasteiger partial charge on any atom is 0.241 e. The summed E-state index contributed by atoms with van der Waals surface area (Å²) in [4.78, 5) is 12.6. The highest BCUT2D eigenvalue weighted by Gasteiger charge is 2.26. The van der Waals surface area contributed by atoms with Crippen molar-refractivity contribution in [2.45, 2.75) is 13.0 Å². The number of benzene rings is 2. The summed E-state index contributed by atoms with van der Waals surface area (Å²) in [6.07, 6.45) is 0.976. The molecule has 0 unspecified atom stereocenters. The number of ether oxygens (including phenoxy) is 2. The number of anilines is 1. The minimum atomic E-state index is -3.85. The zero-order valence-corrected chi connectivity index (χ0v) is 18.0. The molecule has 0 aliphatic rings. The van der Waals surface area contributed by atoms with Gasteiger partial charge in [-0.2, -0.15) is 0 Å². The standard InChI is InChI=1S/C19H22ClFN2O5S/c1-12(13-5-7-14(21)8-6-13)22-19(24)11-23(29(4,25)26)16-10-17(27-2)15(20)9-18(16)28-3/h5-10,12H,11H2,1-4H3,(H,22,24)/t12-/m0/s1. The quantitative estimate of drug-likeness (QED) is 0.676. The van der Waals surface area contributed by atoms with Crippen LogP contribution in [0, 0.1) is 5.82 Å². The Morgan fingerprint density at radius 3 is 2.28 bits per heavy atom. The third-order valence-electron chi connectivity index (χ3n) is 4.16. The van der Waals surface area contributed by atoms with E-state index in [2.05, 4.69) is 5.32 Å². The van der Waals surface area contributed by atoms with Crippen LogP contribution < -0.4 is 19.1 Å². The maximum atomic E-state index is 13.1. The molecule has 2 aromatic rings. The van der Waals surface area contributed by atoms with Gasteiger partial charge in [0.05, 0.1) is 37.2 Å². The zero-order valence-electron chi connectivity index (χ0n) is 16.4. The van der Waals surface area contributed by atoms with Crippen LogP contribution in [0.2, 0.25) is 5.02 Å². The lowest BCUT2D eigenvalue weighted by Crippen LogP contribution is -2.41. The van der Waals surface area contributed by atoms with Crippen LogP contribution in [0.5, 0.6) is 11.5 Å². The second-order valence-corrected chi connectivity index (χ2v) is 8.58. The summed E-state index contributed by atoms with van der Waals surface area (Å²) in [6, 6.07) is 8.00. The van der Waals surface area contributed by atoms with Crippen molar-refractivity contribution in [1.29, 1.82) is 0 Å². The summed E-state index contributed by atoms with van der Waals surface area (Å²) >= 11 is 6.07. The normalized spacial score (nSPS) is 12.2. The topological polar surface area (TPSA) is 84.9 Å². The SMILES string of the molecule is COc1cc(N(CC(=O)N[C@@H](C)c2ccc(F)cc2)S(C)(=O)=O)c(OC)cc1Cl. The summed E-state index contributed by atoms with van der Waals surface area (Å²) in [5.41, 5.74) is 0.789. The monoisotopic (exact) mass is 444 g/mol. The Morgan fingerprint density at radius 2 is 1.76 bits per heavy atom. The number of halogens is 2. The van der Waals surface area contributed by atoms with Crippen LogP contribution in [0.3, 0.4) is 0 Å². The van der Waals surface area contributed by atoms with Crippen molar-refractivity contribution in [1.82, 2.24) is 5.32 Å². The Bertz CT molecular complexity index is 983. The molecule has 1 amide bonds. The second kappa shape index (κ2) is 9.32. The average molecular weight is 445 g/mol. The fourth-order valence-corrected chi connectivity index (χ4v) is 3.76. The molecule has 0 aliphatic heterocycles. The summed E-state index contributed by atoms with van der Waals surface area (Å²) in [6.45, 7) is 1.22.